The van der Waals surface area contributed by atoms with Crippen LogP contribution in [0.5, 0.6) is 11.8 Å². The second-order valence-electron chi connectivity index (χ2n) is 5.10. The monoisotopic (exact) mass is 307 g/mol. The standard InChI is InChI=1S/C15H15ClFN3O/c1-9-10(7-18-11-2-3-11)8-19-15(20-9)21-12-4-5-14(17)13(16)6-12/h4-6,8,11,18H,2-3,7H2,1H3. The van der Waals surface area contributed by atoms with E-state index in [9.17, 15) is 4.39 Å². The first kappa shape index (κ1) is 14.2. The van der Waals surface area contributed by atoms with E-state index < -0.39 is 5.82 Å². The maximum absolute atomic E-state index is 13.1. The second kappa shape index (κ2) is 5.95. The Hall–Kier alpha value is -1.72. The van der Waals surface area contributed by atoms with Crippen LogP contribution < -0.4 is 10.1 Å². The van der Waals surface area contributed by atoms with Crippen molar-refractivity contribution in [2.24, 2.45) is 0 Å². The Labute approximate surface area is 127 Å². The van der Waals surface area contributed by atoms with Crippen molar-refractivity contribution in [3.8, 4) is 11.8 Å². The van der Waals surface area contributed by atoms with Gasteiger partial charge in [-0.2, -0.15) is 4.98 Å². The van der Waals surface area contributed by atoms with Gasteiger partial charge in [0.1, 0.15) is 11.6 Å². The Bertz CT molecular complexity index is 661. The topological polar surface area (TPSA) is 47.0 Å². The Morgan fingerprint density at radius 3 is 2.90 bits per heavy atom. The Morgan fingerprint density at radius 2 is 2.24 bits per heavy atom. The predicted octanol–water partition coefficient (Wildman–Crippen LogP) is 3.62. The molecule has 0 unspecified atom stereocenters. The molecule has 0 radical (unpaired) electrons. The smallest absolute Gasteiger partial charge is 0.322 e. The van der Waals surface area contributed by atoms with Gasteiger partial charge in [0.15, 0.2) is 0 Å². The highest BCUT2D eigenvalue weighted by Crippen LogP contribution is 2.25. The van der Waals surface area contributed by atoms with Gasteiger partial charge in [0.2, 0.25) is 0 Å². The minimum atomic E-state index is -0.484. The Morgan fingerprint density at radius 1 is 1.43 bits per heavy atom. The number of aromatic nitrogens is 2. The van der Waals surface area contributed by atoms with Crippen LogP contribution in [-0.4, -0.2) is 16.0 Å². The van der Waals surface area contributed by atoms with Gasteiger partial charge in [-0.25, -0.2) is 9.37 Å². The lowest BCUT2D eigenvalue weighted by Gasteiger charge is -2.09. The molecule has 1 aromatic carbocycles. The van der Waals surface area contributed by atoms with Gasteiger partial charge in [-0.15, -0.1) is 0 Å². The molecule has 1 aliphatic carbocycles. The maximum atomic E-state index is 13.1. The Balaban J connectivity index is 1.70. The molecule has 0 atom stereocenters. The fourth-order valence-corrected chi connectivity index (χ4v) is 2.05. The van der Waals surface area contributed by atoms with E-state index in [0.717, 1.165) is 17.8 Å². The first-order chi connectivity index (χ1) is 10.1. The summed E-state index contributed by atoms with van der Waals surface area (Å²) in [5.41, 5.74) is 1.91. The lowest BCUT2D eigenvalue weighted by molar-refractivity contribution is 0.437. The molecule has 1 N–H and O–H groups in total. The molecular formula is C15H15ClFN3O. The summed E-state index contributed by atoms with van der Waals surface area (Å²) in [4.78, 5) is 8.48. The normalized spacial score (nSPS) is 14.2. The quantitative estimate of drug-likeness (QED) is 0.916. The van der Waals surface area contributed by atoms with Crippen molar-refractivity contribution in [2.45, 2.75) is 32.4 Å². The molecule has 6 heteroatoms. The first-order valence-electron chi connectivity index (χ1n) is 6.80. The number of benzene rings is 1. The van der Waals surface area contributed by atoms with Crippen molar-refractivity contribution in [1.29, 1.82) is 0 Å². The van der Waals surface area contributed by atoms with Crippen molar-refractivity contribution in [1.82, 2.24) is 15.3 Å². The van der Waals surface area contributed by atoms with Crippen LogP contribution in [0.4, 0.5) is 4.39 Å². The molecule has 1 aromatic heterocycles. The molecule has 1 fully saturated rings. The van der Waals surface area contributed by atoms with Gasteiger partial charge in [0.25, 0.3) is 0 Å². The summed E-state index contributed by atoms with van der Waals surface area (Å²) in [6.45, 7) is 2.68. The number of halogens is 2. The van der Waals surface area contributed by atoms with Crippen LogP contribution in [0.15, 0.2) is 24.4 Å². The molecule has 0 amide bonds. The lowest BCUT2D eigenvalue weighted by atomic mass is 10.2. The summed E-state index contributed by atoms with van der Waals surface area (Å²) in [6, 6.07) is 5.01. The number of aryl methyl sites for hydroxylation is 1. The summed E-state index contributed by atoms with van der Waals surface area (Å²) >= 11 is 5.71. The van der Waals surface area contributed by atoms with E-state index in [-0.39, 0.29) is 11.0 Å². The van der Waals surface area contributed by atoms with E-state index in [1.807, 2.05) is 6.92 Å². The van der Waals surface area contributed by atoms with Gasteiger partial charge in [-0.3, -0.25) is 0 Å². The third-order valence-electron chi connectivity index (χ3n) is 3.32. The molecule has 2 aromatic rings. The average molecular weight is 308 g/mol. The van der Waals surface area contributed by atoms with Crippen molar-refractivity contribution in [3.05, 3.63) is 46.5 Å². The van der Waals surface area contributed by atoms with Crippen LogP contribution in [0.1, 0.15) is 24.1 Å². The first-order valence-corrected chi connectivity index (χ1v) is 7.18. The highest BCUT2D eigenvalue weighted by atomic mass is 35.5. The summed E-state index contributed by atoms with van der Waals surface area (Å²) in [5, 5.41) is 3.43. The van der Waals surface area contributed by atoms with Crippen LogP contribution in [-0.2, 0) is 6.54 Å². The van der Waals surface area contributed by atoms with E-state index in [2.05, 4.69) is 15.3 Å². The molecule has 1 heterocycles. The fourth-order valence-electron chi connectivity index (χ4n) is 1.88. The molecule has 0 spiro atoms. The van der Waals surface area contributed by atoms with Crippen molar-refractivity contribution in [3.63, 3.8) is 0 Å². The third-order valence-corrected chi connectivity index (χ3v) is 3.61. The molecular weight excluding hydrogens is 293 g/mol. The van der Waals surface area contributed by atoms with E-state index >= 15 is 0 Å². The minimum absolute atomic E-state index is 0.00877. The maximum Gasteiger partial charge on any atom is 0.322 e. The highest BCUT2D eigenvalue weighted by Gasteiger charge is 2.20. The van der Waals surface area contributed by atoms with E-state index in [0.29, 0.717) is 11.8 Å². The highest BCUT2D eigenvalue weighted by molar-refractivity contribution is 6.30. The predicted molar refractivity (Wildman–Crippen MR) is 78.1 cm³/mol. The Kier molecular flexibility index (Phi) is 4.03. The number of nitrogens with zero attached hydrogens (tertiary/aromatic N) is 2. The zero-order valence-corrected chi connectivity index (χ0v) is 12.3. The molecule has 0 bridgehead atoms. The summed E-state index contributed by atoms with van der Waals surface area (Å²) in [6.07, 6.45) is 4.23. The molecule has 21 heavy (non-hydrogen) atoms. The summed E-state index contributed by atoms with van der Waals surface area (Å²) < 4.78 is 18.6. The SMILES string of the molecule is Cc1nc(Oc2ccc(F)c(Cl)c2)ncc1CNC1CC1. The molecule has 1 aliphatic rings. The van der Waals surface area contributed by atoms with Crippen LogP contribution in [0, 0.1) is 12.7 Å². The number of rotatable bonds is 5. The fraction of sp³-hybridized carbons (Fsp3) is 0.333. The number of hydrogen-bond acceptors (Lipinski definition) is 4. The largest absolute Gasteiger partial charge is 0.424 e. The molecule has 0 saturated heterocycles. The summed E-state index contributed by atoms with van der Waals surface area (Å²) in [5.74, 6) is -0.0766. The zero-order valence-electron chi connectivity index (χ0n) is 11.6. The van der Waals surface area contributed by atoms with Crippen LogP contribution >= 0.6 is 11.6 Å². The number of hydrogen-bond donors (Lipinski definition) is 1. The van der Waals surface area contributed by atoms with Gasteiger partial charge in [-0.1, -0.05) is 11.6 Å². The molecule has 0 aliphatic heterocycles. The van der Waals surface area contributed by atoms with Crippen molar-refractivity contribution in [2.75, 3.05) is 0 Å². The van der Waals surface area contributed by atoms with E-state index in [1.165, 1.54) is 31.0 Å². The van der Waals surface area contributed by atoms with E-state index in [4.69, 9.17) is 16.3 Å². The zero-order chi connectivity index (χ0) is 14.8. The minimum Gasteiger partial charge on any atom is -0.424 e. The van der Waals surface area contributed by atoms with Gasteiger partial charge >= 0.3 is 6.01 Å². The van der Waals surface area contributed by atoms with E-state index in [1.54, 1.807) is 6.20 Å². The molecule has 3 rings (SSSR count). The van der Waals surface area contributed by atoms with Gasteiger partial charge in [-0.05, 0) is 31.9 Å². The van der Waals surface area contributed by atoms with Crippen molar-refractivity contribution < 1.29 is 9.13 Å². The molecule has 1 saturated carbocycles. The lowest BCUT2D eigenvalue weighted by Crippen LogP contribution is -2.16. The van der Waals surface area contributed by atoms with Crippen LogP contribution in [0.2, 0.25) is 5.02 Å². The van der Waals surface area contributed by atoms with Gasteiger partial charge < -0.3 is 10.1 Å². The average Bonchev–Trinajstić information content (AvgIpc) is 3.26. The van der Waals surface area contributed by atoms with Gasteiger partial charge in [0.05, 0.1) is 5.02 Å². The van der Waals surface area contributed by atoms with Crippen LogP contribution in [0.25, 0.3) is 0 Å². The number of nitrogens with one attached hydrogen (secondary N) is 1. The van der Waals surface area contributed by atoms with Crippen molar-refractivity contribution >= 4 is 11.6 Å². The summed E-state index contributed by atoms with van der Waals surface area (Å²) in [7, 11) is 0. The molecule has 4 nitrogen and oxygen atoms in total. The third kappa shape index (κ3) is 3.68. The van der Waals surface area contributed by atoms with Crippen LogP contribution in [0.3, 0.4) is 0 Å². The molecule has 110 valence electrons. The number of ether oxygens (including phenoxy) is 1. The second-order valence-corrected chi connectivity index (χ2v) is 5.50. The van der Waals surface area contributed by atoms with Gasteiger partial charge in [0, 0.05) is 36.1 Å².